The number of benzene rings is 1. The van der Waals surface area contributed by atoms with E-state index in [1.165, 1.54) is 0 Å². The van der Waals surface area contributed by atoms with Gasteiger partial charge in [0.2, 0.25) is 0 Å². The van der Waals surface area contributed by atoms with Crippen LogP contribution in [0.1, 0.15) is 31.2 Å². The summed E-state index contributed by atoms with van der Waals surface area (Å²) in [6.45, 7) is 0. The summed E-state index contributed by atoms with van der Waals surface area (Å²) in [6.07, 6.45) is 2.61. The summed E-state index contributed by atoms with van der Waals surface area (Å²) in [4.78, 5) is 11.2. The largest absolute Gasteiger partial charge is 0.478 e. The van der Waals surface area contributed by atoms with Crippen LogP contribution in [0.3, 0.4) is 0 Å². The van der Waals surface area contributed by atoms with Gasteiger partial charge in [0.15, 0.2) is 0 Å². The highest BCUT2D eigenvalue weighted by Gasteiger charge is 2.27. The summed E-state index contributed by atoms with van der Waals surface area (Å²) >= 11 is 0. The maximum Gasteiger partial charge on any atom is 0.331 e. The van der Waals surface area contributed by atoms with Crippen molar-refractivity contribution in [1.29, 1.82) is 0 Å². The summed E-state index contributed by atoms with van der Waals surface area (Å²) in [5.74, 6) is -0.925. The van der Waals surface area contributed by atoms with E-state index < -0.39 is 18.1 Å². The average Bonchev–Trinajstić information content (AvgIpc) is 2.47. The molecule has 2 unspecified atom stereocenters. The molecular formula is C16H21NO3. The molecule has 0 aliphatic heterocycles. The monoisotopic (exact) mass is 275 g/mol. The molecule has 0 aromatic heterocycles. The van der Waals surface area contributed by atoms with Crippen molar-refractivity contribution >= 4 is 5.97 Å². The van der Waals surface area contributed by atoms with Gasteiger partial charge in [-0.2, -0.15) is 0 Å². The van der Waals surface area contributed by atoms with Gasteiger partial charge in [-0.3, -0.25) is 0 Å². The fourth-order valence-electron chi connectivity index (χ4n) is 2.76. The Kier molecular flexibility index (Phi) is 4.93. The average molecular weight is 275 g/mol. The molecule has 0 amide bonds. The minimum Gasteiger partial charge on any atom is -0.478 e. The number of carbonyl (C=O) groups is 1. The smallest absolute Gasteiger partial charge is 0.331 e. The van der Waals surface area contributed by atoms with E-state index >= 15 is 0 Å². The van der Waals surface area contributed by atoms with Crippen molar-refractivity contribution in [3.05, 3.63) is 47.0 Å². The highest BCUT2D eigenvalue weighted by Crippen LogP contribution is 2.28. The van der Waals surface area contributed by atoms with E-state index in [0.717, 1.165) is 18.4 Å². The van der Waals surface area contributed by atoms with Crippen LogP contribution < -0.4 is 5.73 Å². The highest BCUT2D eigenvalue weighted by molar-refractivity contribution is 5.88. The second-order valence-corrected chi connectivity index (χ2v) is 5.31. The van der Waals surface area contributed by atoms with Gasteiger partial charge < -0.3 is 15.9 Å². The van der Waals surface area contributed by atoms with Crippen molar-refractivity contribution in [2.24, 2.45) is 5.73 Å². The molecule has 1 aliphatic rings. The zero-order valence-electron chi connectivity index (χ0n) is 11.5. The number of hydrogen-bond donors (Lipinski definition) is 3. The van der Waals surface area contributed by atoms with Crippen LogP contribution in [0.5, 0.6) is 0 Å². The van der Waals surface area contributed by atoms with E-state index in [1.807, 2.05) is 30.3 Å². The van der Waals surface area contributed by atoms with Crippen molar-refractivity contribution in [2.75, 3.05) is 0 Å². The normalized spacial score (nSPS) is 18.7. The lowest BCUT2D eigenvalue weighted by Crippen LogP contribution is -2.39. The summed E-state index contributed by atoms with van der Waals surface area (Å²) in [5.41, 5.74) is 8.09. The first-order valence-corrected chi connectivity index (χ1v) is 7.02. The van der Waals surface area contributed by atoms with Gasteiger partial charge in [-0.25, -0.2) is 4.79 Å². The predicted octanol–water partition coefficient (Wildman–Crippen LogP) is 1.87. The molecule has 20 heavy (non-hydrogen) atoms. The molecule has 108 valence electrons. The standard InChI is InChI=1S/C16H21NO3/c17-14(10-11-6-2-1-3-7-11)15(18)12-8-4-5-9-13(12)16(19)20/h1-3,6-7,14-15,18H,4-5,8-10,17H2,(H,19,20). The molecule has 2 rings (SSSR count). The molecule has 1 aromatic carbocycles. The van der Waals surface area contributed by atoms with Gasteiger partial charge in [0.25, 0.3) is 0 Å². The van der Waals surface area contributed by atoms with Gasteiger partial charge in [0, 0.05) is 11.6 Å². The van der Waals surface area contributed by atoms with Crippen molar-refractivity contribution in [3.8, 4) is 0 Å². The van der Waals surface area contributed by atoms with Gasteiger partial charge in [0.05, 0.1) is 6.10 Å². The van der Waals surface area contributed by atoms with Crippen LogP contribution in [0.15, 0.2) is 41.5 Å². The van der Waals surface area contributed by atoms with Gasteiger partial charge in [-0.1, -0.05) is 30.3 Å². The lowest BCUT2D eigenvalue weighted by atomic mass is 9.85. The molecule has 0 saturated heterocycles. The molecule has 4 N–H and O–H groups in total. The number of carboxylic acid groups (broad SMARTS) is 1. The van der Waals surface area contributed by atoms with Gasteiger partial charge >= 0.3 is 5.97 Å². The second kappa shape index (κ2) is 6.68. The predicted molar refractivity (Wildman–Crippen MR) is 77.3 cm³/mol. The molecular weight excluding hydrogens is 254 g/mol. The maximum atomic E-state index is 11.2. The number of rotatable bonds is 5. The third-order valence-corrected chi connectivity index (χ3v) is 3.85. The van der Waals surface area contributed by atoms with Crippen LogP contribution in [0.25, 0.3) is 0 Å². The zero-order chi connectivity index (χ0) is 14.5. The van der Waals surface area contributed by atoms with Crippen molar-refractivity contribution in [3.63, 3.8) is 0 Å². The summed E-state index contributed by atoms with van der Waals surface area (Å²) in [7, 11) is 0. The van der Waals surface area contributed by atoms with Crippen LogP contribution in [0.2, 0.25) is 0 Å². The van der Waals surface area contributed by atoms with Crippen LogP contribution in [-0.2, 0) is 11.2 Å². The molecule has 1 aromatic rings. The van der Waals surface area contributed by atoms with E-state index in [1.54, 1.807) is 0 Å². The Morgan fingerprint density at radius 2 is 1.85 bits per heavy atom. The molecule has 1 aliphatic carbocycles. The molecule has 0 heterocycles. The molecule has 0 spiro atoms. The quantitative estimate of drug-likeness (QED) is 0.766. The van der Waals surface area contributed by atoms with E-state index in [0.29, 0.717) is 30.4 Å². The van der Waals surface area contributed by atoms with E-state index in [9.17, 15) is 15.0 Å². The molecule has 0 saturated carbocycles. The van der Waals surface area contributed by atoms with Crippen LogP contribution in [0.4, 0.5) is 0 Å². The fraction of sp³-hybridized carbons (Fsp3) is 0.438. The third-order valence-electron chi connectivity index (χ3n) is 3.85. The lowest BCUT2D eigenvalue weighted by molar-refractivity contribution is -0.133. The number of nitrogens with two attached hydrogens (primary N) is 1. The third kappa shape index (κ3) is 3.46. The molecule has 2 atom stereocenters. The number of aliphatic carboxylic acids is 1. The van der Waals surface area contributed by atoms with Crippen molar-refractivity contribution < 1.29 is 15.0 Å². The summed E-state index contributed by atoms with van der Waals surface area (Å²) < 4.78 is 0. The molecule has 0 radical (unpaired) electrons. The summed E-state index contributed by atoms with van der Waals surface area (Å²) in [5, 5.41) is 19.6. The number of aliphatic hydroxyl groups is 1. The molecule has 0 fully saturated rings. The van der Waals surface area contributed by atoms with Crippen molar-refractivity contribution in [2.45, 2.75) is 44.2 Å². The molecule has 4 heteroatoms. The second-order valence-electron chi connectivity index (χ2n) is 5.31. The van der Waals surface area contributed by atoms with Crippen molar-refractivity contribution in [1.82, 2.24) is 0 Å². The SMILES string of the molecule is NC(Cc1ccccc1)C(O)C1=C(C(=O)O)CCCC1. The summed E-state index contributed by atoms with van der Waals surface area (Å²) in [6, 6.07) is 9.23. The minimum absolute atomic E-state index is 0.354. The lowest BCUT2D eigenvalue weighted by Gasteiger charge is -2.26. The molecule has 4 nitrogen and oxygen atoms in total. The highest BCUT2D eigenvalue weighted by atomic mass is 16.4. The maximum absolute atomic E-state index is 11.2. The zero-order valence-corrected chi connectivity index (χ0v) is 11.5. The topological polar surface area (TPSA) is 83.5 Å². The van der Waals surface area contributed by atoms with Crippen LogP contribution >= 0.6 is 0 Å². The van der Waals surface area contributed by atoms with Gasteiger partial charge in [-0.05, 0) is 43.2 Å². The Balaban J connectivity index is 2.13. The van der Waals surface area contributed by atoms with E-state index in [2.05, 4.69) is 0 Å². The minimum atomic E-state index is -0.925. The van der Waals surface area contributed by atoms with E-state index in [-0.39, 0.29) is 0 Å². The number of hydrogen-bond acceptors (Lipinski definition) is 3. The first-order chi connectivity index (χ1) is 9.59. The first kappa shape index (κ1) is 14.8. The Bertz CT molecular complexity index is 496. The Hall–Kier alpha value is -1.65. The fourth-order valence-corrected chi connectivity index (χ4v) is 2.76. The Morgan fingerprint density at radius 1 is 1.20 bits per heavy atom. The Morgan fingerprint density at radius 3 is 2.50 bits per heavy atom. The van der Waals surface area contributed by atoms with Gasteiger partial charge in [-0.15, -0.1) is 0 Å². The number of aliphatic hydroxyl groups excluding tert-OH is 1. The number of carboxylic acids is 1. The van der Waals surface area contributed by atoms with Gasteiger partial charge in [0.1, 0.15) is 0 Å². The Labute approximate surface area is 118 Å². The first-order valence-electron chi connectivity index (χ1n) is 7.02. The van der Waals surface area contributed by atoms with Crippen LogP contribution in [-0.4, -0.2) is 28.3 Å². The van der Waals surface area contributed by atoms with Crippen LogP contribution in [0, 0.1) is 0 Å². The van der Waals surface area contributed by atoms with E-state index in [4.69, 9.17) is 5.73 Å². The molecule has 0 bridgehead atoms.